The summed E-state index contributed by atoms with van der Waals surface area (Å²) in [5.41, 5.74) is 0. The molecule has 2 aliphatic rings. The third kappa shape index (κ3) is 1.55. The lowest BCUT2D eigenvalue weighted by Gasteiger charge is -2.34. The van der Waals surface area contributed by atoms with Gasteiger partial charge in [-0.25, -0.2) is 0 Å². The van der Waals surface area contributed by atoms with Crippen molar-refractivity contribution in [1.82, 2.24) is 5.32 Å². The van der Waals surface area contributed by atoms with Crippen molar-refractivity contribution in [2.45, 2.75) is 25.6 Å². The van der Waals surface area contributed by atoms with E-state index in [1.165, 1.54) is 0 Å². The Morgan fingerprint density at radius 3 is 2.25 bits per heavy atom. The van der Waals surface area contributed by atoms with Crippen LogP contribution in [-0.2, 0) is 0 Å². The Morgan fingerprint density at radius 1 is 1.12 bits per heavy atom. The molecule has 86 valence electrons. The van der Waals surface area contributed by atoms with E-state index >= 15 is 0 Å². The fraction of sp³-hybridized carbons (Fsp3) is 0.538. The minimum absolute atomic E-state index is 0.466. The lowest BCUT2D eigenvalue weighted by Crippen LogP contribution is -2.47. The molecule has 1 fully saturated rings. The van der Waals surface area contributed by atoms with E-state index in [-0.39, 0.29) is 0 Å². The zero-order valence-electron chi connectivity index (χ0n) is 9.53. The predicted octanol–water partition coefficient (Wildman–Crippen LogP) is 2.17. The molecule has 0 saturated carbocycles. The van der Waals surface area contributed by atoms with Crippen molar-refractivity contribution < 1.29 is 9.47 Å². The maximum Gasteiger partial charge on any atom is 0.251 e. The molecule has 16 heavy (non-hydrogen) atoms. The Labute approximate surface area is 95.8 Å². The van der Waals surface area contributed by atoms with Gasteiger partial charge in [0.1, 0.15) is 0 Å². The van der Waals surface area contributed by atoms with Crippen LogP contribution in [0, 0.1) is 5.92 Å². The molecule has 0 aliphatic carbocycles. The number of hydrogen-bond acceptors (Lipinski definition) is 3. The summed E-state index contributed by atoms with van der Waals surface area (Å²) in [7, 11) is 0. The lowest BCUT2D eigenvalue weighted by atomic mass is 9.90. The van der Waals surface area contributed by atoms with E-state index in [0.717, 1.165) is 37.4 Å². The van der Waals surface area contributed by atoms with Crippen LogP contribution in [0.5, 0.6) is 11.5 Å². The van der Waals surface area contributed by atoms with Crippen molar-refractivity contribution in [3.63, 3.8) is 0 Å². The van der Waals surface area contributed by atoms with Crippen molar-refractivity contribution in [2.75, 3.05) is 13.1 Å². The van der Waals surface area contributed by atoms with Crippen molar-refractivity contribution in [1.29, 1.82) is 0 Å². The van der Waals surface area contributed by atoms with Gasteiger partial charge in [-0.1, -0.05) is 12.1 Å². The van der Waals surface area contributed by atoms with Crippen LogP contribution < -0.4 is 14.8 Å². The van der Waals surface area contributed by atoms with E-state index < -0.39 is 5.79 Å². The first-order valence-corrected chi connectivity index (χ1v) is 5.96. The second-order valence-corrected chi connectivity index (χ2v) is 4.69. The molecule has 1 aromatic rings. The molecule has 2 aliphatic heterocycles. The van der Waals surface area contributed by atoms with Gasteiger partial charge in [0.2, 0.25) is 0 Å². The van der Waals surface area contributed by atoms with Gasteiger partial charge in [0.05, 0.1) is 0 Å². The van der Waals surface area contributed by atoms with Gasteiger partial charge >= 0.3 is 0 Å². The predicted molar refractivity (Wildman–Crippen MR) is 61.7 cm³/mol. The van der Waals surface area contributed by atoms with Crippen LogP contribution in [0.4, 0.5) is 0 Å². The largest absolute Gasteiger partial charge is 0.448 e. The first-order valence-electron chi connectivity index (χ1n) is 5.96. The van der Waals surface area contributed by atoms with E-state index in [1.807, 2.05) is 24.3 Å². The molecule has 1 N–H and O–H groups in total. The maximum absolute atomic E-state index is 5.98. The minimum atomic E-state index is -0.466. The third-order valence-corrected chi connectivity index (χ3v) is 3.56. The molecular formula is C13H17NO2. The Hall–Kier alpha value is -1.22. The molecular weight excluding hydrogens is 202 g/mol. The molecule has 2 heterocycles. The topological polar surface area (TPSA) is 30.5 Å². The van der Waals surface area contributed by atoms with Gasteiger partial charge in [0.15, 0.2) is 11.5 Å². The van der Waals surface area contributed by atoms with Gasteiger partial charge in [-0.3, -0.25) is 0 Å². The Bertz CT molecular complexity index is 360. The number of ether oxygens (including phenoxy) is 2. The fourth-order valence-electron chi connectivity index (χ4n) is 2.59. The molecule has 0 bridgehead atoms. The Balaban J connectivity index is 1.82. The van der Waals surface area contributed by atoms with Crippen molar-refractivity contribution in [3.8, 4) is 11.5 Å². The lowest BCUT2D eigenvalue weighted by molar-refractivity contribution is -0.117. The minimum Gasteiger partial charge on any atom is -0.448 e. The number of nitrogens with one attached hydrogen (secondary N) is 1. The van der Waals surface area contributed by atoms with Crippen LogP contribution in [0.1, 0.15) is 19.8 Å². The number of benzene rings is 1. The van der Waals surface area contributed by atoms with Crippen LogP contribution >= 0.6 is 0 Å². The van der Waals surface area contributed by atoms with Crippen LogP contribution in [0.3, 0.4) is 0 Å². The molecule has 0 spiro atoms. The zero-order chi connectivity index (χ0) is 11.0. The van der Waals surface area contributed by atoms with E-state index in [1.54, 1.807) is 0 Å². The second-order valence-electron chi connectivity index (χ2n) is 4.69. The first-order chi connectivity index (χ1) is 7.78. The van der Waals surface area contributed by atoms with Crippen molar-refractivity contribution >= 4 is 0 Å². The Morgan fingerprint density at radius 2 is 1.69 bits per heavy atom. The third-order valence-electron chi connectivity index (χ3n) is 3.56. The van der Waals surface area contributed by atoms with Crippen molar-refractivity contribution in [3.05, 3.63) is 24.3 Å². The molecule has 3 heteroatoms. The first kappa shape index (κ1) is 9.97. The molecule has 1 saturated heterocycles. The smallest absolute Gasteiger partial charge is 0.251 e. The van der Waals surface area contributed by atoms with Crippen LogP contribution in [0.15, 0.2) is 24.3 Å². The highest BCUT2D eigenvalue weighted by Crippen LogP contribution is 2.43. The molecule has 3 nitrogen and oxygen atoms in total. The summed E-state index contributed by atoms with van der Waals surface area (Å²) in [5.74, 6) is 1.76. The quantitative estimate of drug-likeness (QED) is 0.785. The summed E-state index contributed by atoms with van der Waals surface area (Å²) in [6.07, 6.45) is 2.23. The molecule has 0 atom stereocenters. The van der Waals surface area contributed by atoms with E-state index in [2.05, 4.69) is 12.2 Å². The van der Waals surface area contributed by atoms with Crippen LogP contribution in [0.2, 0.25) is 0 Å². The van der Waals surface area contributed by atoms with Gasteiger partial charge in [0.25, 0.3) is 5.79 Å². The number of fused-ring (bicyclic) bond motifs is 1. The number of para-hydroxylation sites is 2. The van der Waals surface area contributed by atoms with Gasteiger partial charge in [-0.15, -0.1) is 0 Å². The molecule has 3 rings (SSSR count). The highest BCUT2D eigenvalue weighted by molar-refractivity contribution is 5.42. The fourth-order valence-corrected chi connectivity index (χ4v) is 2.59. The highest BCUT2D eigenvalue weighted by atomic mass is 16.7. The van der Waals surface area contributed by atoms with Crippen LogP contribution in [-0.4, -0.2) is 18.9 Å². The van der Waals surface area contributed by atoms with Crippen molar-refractivity contribution in [2.24, 2.45) is 5.92 Å². The van der Waals surface area contributed by atoms with Gasteiger partial charge < -0.3 is 14.8 Å². The maximum atomic E-state index is 5.98. The van der Waals surface area contributed by atoms with Gasteiger partial charge in [0, 0.05) is 12.8 Å². The summed E-state index contributed by atoms with van der Waals surface area (Å²) in [6, 6.07) is 7.91. The second kappa shape index (κ2) is 3.67. The summed E-state index contributed by atoms with van der Waals surface area (Å²) in [6.45, 7) is 4.18. The summed E-state index contributed by atoms with van der Waals surface area (Å²) in [5, 5.41) is 3.37. The monoisotopic (exact) mass is 219 g/mol. The summed E-state index contributed by atoms with van der Waals surface area (Å²) in [4.78, 5) is 0. The zero-order valence-corrected chi connectivity index (χ0v) is 9.53. The van der Waals surface area contributed by atoms with E-state index in [4.69, 9.17) is 9.47 Å². The summed E-state index contributed by atoms with van der Waals surface area (Å²) >= 11 is 0. The normalized spacial score (nSPS) is 23.3. The van der Waals surface area contributed by atoms with Gasteiger partial charge in [-0.05, 0) is 38.1 Å². The number of hydrogen-bond donors (Lipinski definition) is 1. The highest BCUT2D eigenvalue weighted by Gasteiger charge is 2.44. The van der Waals surface area contributed by atoms with Crippen LogP contribution in [0.25, 0.3) is 0 Å². The molecule has 0 aromatic heterocycles. The summed E-state index contributed by atoms with van der Waals surface area (Å²) < 4.78 is 12.0. The van der Waals surface area contributed by atoms with E-state index in [9.17, 15) is 0 Å². The average Bonchev–Trinajstić information content (AvgIpc) is 2.68. The molecule has 0 unspecified atom stereocenters. The van der Waals surface area contributed by atoms with E-state index in [0.29, 0.717) is 5.92 Å². The molecule has 0 amide bonds. The molecule has 1 aromatic carbocycles. The standard InChI is InChI=1S/C13H17NO2/c1-13(10-6-8-14-9-7-10)15-11-4-2-3-5-12(11)16-13/h2-5,10,14H,6-9H2,1H3. The number of rotatable bonds is 1. The van der Waals surface area contributed by atoms with Gasteiger partial charge in [-0.2, -0.15) is 0 Å². The Kier molecular flexibility index (Phi) is 2.28. The molecule has 0 radical (unpaired) electrons. The SMILES string of the molecule is CC1(C2CCNCC2)Oc2ccccc2O1. The average molecular weight is 219 g/mol. The number of piperidine rings is 1.